The van der Waals surface area contributed by atoms with Crippen LogP contribution >= 0.6 is 0 Å². The second-order valence-electron chi connectivity index (χ2n) is 9.02. The number of hydrogen-bond acceptors (Lipinski definition) is 3. The van der Waals surface area contributed by atoms with E-state index in [0.717, 1.165) is 35.5 Å². The number of ether oxygens (including phenoxy) is 2. The average molecular weight is 435 g/mol. The lowest BCUT2D eigenvalue weighted by molar-refractivity contribution is 0.0483. The van der Waals surface area contributed by atoms with Crippen LogP contribution in [0.1, 0.15) is 49.9 Å². The number of halogens is 1. The van der Waals surface area contributed by atoms with Crippen LogP contribution in [0.5, 0.6) is 5.75 Å². The molecule has 5 heteroatoms. The molecule has 4 nitrogen and oxygen atoms in total. The summed E-state index contributed by atoms with van der Waals surface area (Å²) in [4.78, 5) is 0. The number of para-hydroxylation sites is 1. The fourth-order valence-electron chi connectivity index (χ4n) is 4.79. The molecule has 3 aromatic rings. The van der Waals surface area contributed by atoms with Gasteiger partial charge in [-0.05, 0) is 72.7 Å². The lowest BCUT2D eigenvalue weighted by Gasteiger charge is -2.38. The number of allylic oxidation sites excluding steroid dienone is 1. The fraction of sp³-hybridized carbons (Fsp3) is 0.370. The first-order valence-corrected chi connectivity index (χ1v) is 11.0. The lowest BCUT2D eigenvalue weighted by Crippen LogP contribution is -2.33. The van der Waals surface area contributed by atoms with Gasteiger partial charge in [-0.1, -0.05) is 37.6 Å². The Morgan fingerprint density at radius 3 is 2.53 bits per heavy atom. The molecule has 2 aromatic carbocycles. The number of aromatic nitrogens is 2. The maximum Gasteiger partial charge on any atom is 0.123 e. The predicted octanol–water partition coefficient (Wildman–Crippen LogP) is 6.19. The van der Waals surface area contributed by atoms with Gasteiger partial charge in [0.15, 0.2) is 0 Å². The monoisotopic (exact) mass is 434 g/mol. The number of fused-ring (bicyclic) bond motifs is 1. The van der Waals surface area contributed by atoms with Gasteiger partial charge in [0.1, 0.15) is 11.6 Å². The van der Waals surface area contributed by atoms with Gasteiger partial charge >= 0.3 is 0 Å². The van der Waals surface area contributed by atoms with Crippen molar-refractivity contribution in [2.75, 3.05) is 14.2 Å². The Hall–Kier alpha value is -2.92. The summed E-state index contributed by atoms with van der Waals surface area (Å²) < 4.78 is 26.9. The molecular weight excluding hydrogens is 403 g/mol. The Morgan fingerprint density at radius 2 is 1.84 bits per heavy atom. The molecule has 0 saturated carbocycles. The molecule has 0 N–H and O–H groups in total. The predicted molar refractivity (Wildman–Crippen MR) is 126 cm³/mol. The Labute approximate surface area is 189 Å². The summed E-state index contributed by atoms with van der Waals surface area (Å²) in [5.74, 6) is 0.832. The number of methoxy groups -OCH3 is 2. The van der Waals surface area contributed by atoms with Crippen molar-refractivity contribution >= 4 is 6.08 Å². The molecule has 0 aliphatic heterocycles. The maximum atomic E-state index is 13.4. The van der Waals surface area contributed by atoms with E-state index in [1.54, 1.807) is 26.4 Å². The molecule has 0 radical (unpaired) electrons. The molecule has 2 unspecified atom stereocenters. The van der Waals surface area contributed by atoms with Crippen molar-refractivity contribution in [2.45, 2.75) is 45.6 Å². The highest BCUT2D eigenvalue weighted by molar-refractivity contribution is 5.60. The Balaban J connectivity index is 1.61. The second kappa shape index (κ2) is 8.91. The first kappa shape index (κ1) is 22.3. The quantitative estimate of drug-likeness (QED) is 0.445. The van der Waals surface area contributed by atoms with E-state index in [1.165, 1.54) is 23.3 Å². The summed E-state index contributed by atoms with van der Waals surface area (Å²) in [6.45, 7) is 6.69. The first-order valence-electron chi connectivity index (χ1n) is 11.0. The molecule has 4 rings (SSSR count). The van der Waals surface area contributed by atoms with Crippen molar-refractivity contribution < 1.29 is 13.9 Å². The van der Waals surface area contributed by atoms with Gasteiger partial charge in [-0.3, -0.25) is 0 Å². The van der Waals surface area contributed by atoms with E-state index in [-0.39, 0.29) is 23.3 Å². The zero-order chi connectivity index (χ0) is 22.9. The Bertz CT molecular complexity index is 1120. The molecule has 3 atom stereocenters. The van der Waals surface area contributed by atoms with Crippen LogP contribution in [-0.2, 0) is 11.2 Å². The molecule has 0 amide bonds. The highest BCUT2D eigenvalue weighted by Crippen LogP contribution is 2.45. The van der Waals surface area contributed by atoms with Crippen molar-refractivity contribution in [3.05, 3.63) is 82.9 Å². The number of benzene rings is 2. The van der Waals surface area contributed by atoms with Crippen LogP contribution in [0, 0.1) is 11.2 Å². The summed E-state index contributed by atoms with van der Waals surface area (Å²) in [5, 5.41) is 4.60. The molecule has 1 aromatic heterocycles. The average Bonchev–Trinajstić information content (AvgIpc) is 3.19. The van der Waals surface area contributed by atoms with Crippen LogP contribution in [0.4, 0.5) is 4.39 Å². The van der Waals surface area contributed by atoms with E-state index in [0.29, 0.717) is 0 Å². The van der Waals surface area contributed by atoms with Gasteiger partial charge in [-0.2, -0.15) is 5.10 Å². The standard InChI is InChI=1S/C27H31FN2O2/c1-18-14-24-20(17-29-30(24)22-12-10-21(28)11-13-22)15-27(18,3)16-26(32-5)19(2)23-8-6-7-9-25(23)31-4/h6-14,17,19,26H,15-16H2,1-5H3/t19?,26?,27-/m1/s1. The summed E-state index contributed by atoms with van der Waals surface area (Å²) in [6.07, 6.45) is 5.95. The highest BCUT2D eigenvalue weighted by Gasteiger charge is 2.37. The van der Waals surface area contributed by atoms with Crippen LogP contribution < -0.4 is 4.74 Å². The van der Waals surface area contributed by atoms with Gasteiger partial charge in [0.2, 0.25) is 0 Å². The molecule has 0 saturated heterocycles. The minimum atomic E-state index is -0.246. The third-order valence-electron chi connectivity index (χ3n) is 6.98. The Morgan fingerprint density at radius 1 is 1.12 bits per heavy atom. The van der Waals surface area contributed by atoms with Crippen molar-refractivity contribution in [1.82, 2.24) is 9.78 Å². The van der Waals surface area contributed by atoms with E-state index in [4.69, 9.17) is 9.47 Å². The van der Waals surface area contributed by atoms with Crippen LogP contribution in [-0.4, -0.2) is 30.1 Å². The largest absolute Gasteiger partial charge is 0.496 e. The topological polar surface area (TPSA) is 36.3 Å². The molecule has 0 bridgehead atoms. The third kappa shape index (κ3) is 4.09. The van der Waals surface area contributed by atoms with Gasteiger partial charge in [0.05, 0.1) is 30.8 Å². The Kier molecular flexibility index (Phi) is 6.20. The van der Waals surface area contributed by atoms with E-state index in [9.17, 15) is 4.39 Å². The van der Waals surface area contributed by atoms with Crippen molar-refractivity contribution in [3.63, 3.8) is 0 Å². The normalized spacial score (nSPS) is 19.8. The van der Waals surface area contributed by atoms with Crippen LogP contribution in [0.25, 0.3) is 11.8 Å². The first-order chi connectivity index (χ1) is 15.4. The molecule has 1 aliphatic carbocycles. The zero-order valence-corrected chi connectivity index (χ0v) is 19.4. The summed E-state index contributed by atoms with van der Waals surface area (Å²) >= 11 is 0. The number of nitrogens with zero attached hydrogens (tertiary/aromatic N) is 2. The van der Waals surface area contributed by atoms with Gasteiger partial charge in [0, 0.05) is 13.0 Å². The molecule has 0 spiro atoms. The van der Waals surface area contributed by atoms with Gasteiger partial charge in [-0.25, -0.2) is 9.07 Å². The summed E-state index contributed by atoms with van der Waals surface area (Å²) in [7, 11) is 3.50. The van der Waals surface area contributed by atoms with Crippen molar-refractivity contribution in [3.8, 4) is 11.4 Å². The van der Waals surface area contributed by atoms with E-state index < -0.39 is 0 Å². The molecule has 1 heterocycles. The van der Waals surface area contributed by atoms with Gasteiger partial charge in [-0.15, -0.1) is 0 Å². The second-order valence-corrected chi connectivity index (χ2v) is 9.02. The number of hydrogen-bond donors (Lipinski definition) is 0. The van der Waals surface area contributed by atoms with E-state index in [2.05, 4.69) is 38.0 Å². The molecular formula is C27H31FN2O2. The molecule has 32 heavy (non-hydrogen) atoms. The number of rotatable bonds is 7. The van der Waals surface area contributed by atoms with Crippen LogP contribution in [0.3, 0.4) is 0 Å². The fourth-order valence-corrected chi connectivity index (χ4v) is 4.79. The van der Waals surface area contributed by atoms with E-state index >= 15 is 0 Å². The summed E-state index contributed by atoms with van der Waals surface area (Å²) in [6, 6.07) is 14.6. The maximum absolute atomic E-state index is 13.4. The molecule has 0 fully saturated rings. The lowest BCUT2D eigenvalue weighted by atomic mass is 9.69. The zero-order valence-electron chi connectivity index (χ0n) is 19.4. The SMILES string of the molecule is COc1ccccc1C(C)C(C[C@@]1(C)Cc2cnn(-c3ccc(F)cc3)c2C=C1C)OC. The van der Waals surface area contributed by atoms with Crippen LogP contribution in [0.2, 0.25) is 0 Å². The van der Waals surface area contributed by atoms with Crippen molar-refractivity contribution in [2.24, 2.45) is 5.41 Å². The molecule has 168 valence electrons. The minimum absolute atomic E-state index is 0.0355. The minimum Gasteiger partial charge on any atom is -0.496 e. The third-order valence-corrected chi connectivity index (χ3v) is 6.98. The van der Waals surface area contributed by atoms with Gasteiger partial charge in [0.25, 0.3) is 0 Å². The molecule has 1 aliphatic rings. The van der Waals surface area contributed by atoms with Gasteiger partial charge < -0.3 is 9.47 Å². The summed E-state index contributed by atoms with van der Waals surface area (Å²) in [5.41, 5.74) is 5.52. The van der Waals surface area contributed by atoms with Crippen LogP contribution in [0.15, 0.2) is 60.3 Å². The smallest absolute Gasteiger partial charge is 0.123 e. The van der Waals surface area contributed by atoms with E-state index in [1.807, 2.05) is 29.1 Å². The van der Waals surface area contributed by atoms with Crippen molar-refractivity contribution in [1.29, 1.82) is 0 Å². The highest BCUT2D eigenvalue weighted by atomic mass is 19.1.